The molecule has 112 valence electrons. The largest absolute Gasteiger partial charge is 0.419 e. The van der Waals surface area contributed by atoms with Crippen molar-refractivity contribution in [1.82, 2.24) is 0 Å². The average molecular weight is 290 g/mol. The first-order valence-corrected chi connectivity index (χ1v) is 6.76. The van der Waals surface area contributed by atoms with Gasteiger partial charge in [0.15, 0.2) is 5.78 Å². The van der Waals surface area contributed by atoms with Crippen LogP contribution in [-0.4, -0.2) is 5.78 Å². The van der Waals surface area contributed by atoms with Gasteiger partial charge in [-0.1, -0.05) is 38.7 Å². The summed E-state index contributed by atoms with van der Waals surface area (Å²) < 4.78 is 51.3. The molecule has 0 N–H and O–H groups in total. The number of Topliss-reactive ketones (excluding diaryl/α,β-unsaturated/α-hetero) is 1. The van der Waals surface area contributed by atoms with Crippen LogP contribution in [0.3, 0.4) is 0 Å². The molecule has 0 bridgehead atoms. The Balaban J connectivity index is 2.69. The fourth-order valence-electron chi connectivity index (χ4n) is 1.99. The fraction of sp³-hybridized carbons (Fsp3) is 0.533. The third-order valence-electron chi connectivity index (χ3n) is 3.11. The van der Waals surface area contributed by atoms with E-state index in [0.29, 0.717) is 12.5 Å². The molecule has 0 aliphatic carbocycles. The summed E-state index contributed by atoms with van der Waals surface area (Å²) in [6.45, 7) is 2.06. The molecule has 0 fully saturated rings. The normalized spacial score (nSPS) is 11.7. The molecule has 5 heteroatoms. The van der Waals surface area contributed by atoms with Crippen LogP contribution < -0.4 is 0 Å². The van der Waals surface area contributed by atoms with Crippen molar-refractivity contribution in [3.63, 3.8) is 0 Å². The third-order valence-corrected chi connectivity index (χ3v) is 3.11. The highest BCUT2D eigenvalue weighted by Crippen LogP contribution is 2.32. The van der Waals surface area contributed by atoms with Gasteiger partial charge in [-0.15, -0.1) is 0 Å². The van der Waals surface area contributed by atoms with Crippen LogP contribution in [0.5, 0.6) is 0 Å². The smallest absolute Gasteiger partial charge is 0.294 e. The molecular formula is C15H18F4O. The molecule has 0 aliphatic rings. The van der Waals surface area contributed by atoms with Gasteiger partial charge in [0.1, 0.15) is 5.82 Å². The molecule has 0 radical (unpaired) electrons. The van der Waals surface area contributed by atoms with Crippen molar-refractivity contribution in [3.05, 3.63) is 35.1 Å². The summed E-state index contributed by atoms with van der Waals surface area (Å²) in [4.78, 5) is 11.8. The summed E-state index contributed by atoms with van der Waals surface area (Å²) >= 11 is 0. The fourth-order valence-corrected chi connectivity index (χ4v) is 1.99. The molecule has 1 aromatic carbocycles. The van der Waals surface area contributed by atoms with E-state index >= 15 is 0 Å². The lowest BCUT2D eigenvalue weighted by atomic mass is 10.0. The highest BCUT2D eigenvalue weighted by molar-refractivity contribution is 5.96. The molecule has 0 atom stereocenters. The molecule has 0 saturated heterocycles. The summed E-state index contributed by atoms with van der Waals surface area (Å²) in [5.74, 6) is -2.02. The maximum Gasteiger partial charge on any atom is 0.419 e. The number of halogens is 4. The minimum absolute atomic E-state index is 0.0853. The molecular weight excluding hydrogens is 272 g/mol. The second-order valence-corrected chi connectivity index (χ2v) is 4.75. The molecule has 20 heavy (non-hydrogen) atoms. The van der Waals surface area contributed by atoms with Crippen LogP contribution in [-0.2, 0) is 6.18 Å². The van der Waals surface area contributed by atoms with Crippen LogP contribution in [0.15, 0.2) is 18.2 Å². The number of hydrogen-bond donors (Lipinski definition) is 0. The molecule has 0 heterocycles. The Morgan fingerprint density at radius 1 is 1.10 bits per heavy atom. The maximum atomic E-state index is 13.7. The molecule has 0 aliphatic heterocycles. The van der Waals surface area contributed by atoms with Gasteiger partial charge in [0.05, 0.1) is 11.1 Å². The van der Waals surface area contributed by atoms with Gasteiger partial charge in [-0.2, -0.15) is 13.2 Å². The van der Waals surface area contributed by atoms with Crippen molar-refractivity contribution >= 4 is 5.78 Å². The van der Waals surface area contributed by atoms with Crippen molar-refractivity contribution in [2.24, 2.45) is 0 Å². The SMILES string of the molecule is CCCCCCCC(=O)c1cccc(C(F)(F)F)c1F. The van der Waals surface area contributed by atoms with Gasteiger partial charge in [0, 0.05) is 6.42 Å². The first-order chi connectivity index (χ1) is 9.38. The Morgan fingerprint density at radius 2 is 1.75 bits per heavy atom. The Labute approximate surface area is 116 Å². The van der Waals surface area contributed by atoms with Crippen molar-refractivity contribution in [2.75, 3.05) is 0 Å². The number of rotatable bonds is 7. The number of unbranched alkanes of at least 4 members (excludes halogenated alkanes) is 4. The van der Waals surface area contributed by atoms with E-state index in [-0.39, 0.29) is 6.42 Å². The van der Waals surface area contributed by atoms with Gasteiger partial charge in [0.2, 0.25) is 0 Å². The topological polar surface area (TPSA) is 17.1 Å². The predicted molar refractivity (Wildman–Crippen MR) is 69.1 cm³/mol. The Hall–Kier alpha value is -1.39. The van der Waals surface area contributed by atoms with Crippen LogP contribution in [0.4, 0.5) is 17.6 Å². The minimum Gasteiger partial charge on any atom is -0.294 e. The zero-order chi connectivity index (χ0) is 15.2. The molecule has 0 unspecified atom stereocenters. The summed E-state index contributed by atoms with van der Waals surface area (Å²) in [6, 6.07) is 2.82. The lowest BCUT2D eigenvalue weighted by Crippen LogP contribution is -2.12. The van der Waals surface area contributed by atoms with Crippen molar-refractivity contribution in [1.29, 1.82) is 0 Å². The number of carbonyl (C=O) groups excluding carboxylic acids is 1. The first-order valence-electron chi connectivity index (χ1n) is 6.76. The van der Waals surface area contributed by atoms with Crippen molar-refractivity contribution in [2.45, 2.75) is 51.6 Å². The highest BCUT2D eigenvalue weighted by atomic mass is 19.4. The van der Waals surface area contributed by atoms with E-state index in [1.807, 2.05) is 0 Å². The molecule has 1 aromatic rings. The minimum atomic E-state index is -4.78. The molecule has 1 nitrogen and oxygen atoms in total. The number of carbonyl (C=O) groups is 1. The first kappa shape index (κ1) is 16.7. The summed E-state index contributed by atoms with van der Waals surface area (Å²) in [5, 5.41) is 0. The zero-order valence-corrected chi connectivity index (χ0v) is 11.4. The van der Waals surface area contributed by atoms with E-state index in [4.69, 9.17) is 0 Å². The van der Waals surface area contributed by atoms with Gasteiger partial charge in [0.25, 0.3) is 0 Å². The molecule has 1 rings (SSSR count). The van der Waals surface area contributed by atoms with Gasteiger partial charge in [-0.25, -0.2) is 4.39 Å². The van der Waals surface area contributed by atoms with E-state index in [2.05, 4.69) is 6.92 Å². The van der Waals surface area contributed by atoms with Crippen LogP contribution in [0.1, 0.15) is 61.4 Å². The van der Waals surface area contributed by atoms with E-state index in [9.17, 15) is 22.4 Å². The van der Waals surface area contributed by atoms with Crippen LogP contribution in [0, 0.1) is 5.82 Å². The number of benzene rings is 1. The van der Waals surface area contributed by atoms with Crippen molar-refractivity contribution in [3.8, 4) is 0 Å². The van der Waals surface area contributed by atoms with Gasteiger partial charge < -0.3 is 0 Å². The average Bonchev–Trinajstić information content (AvgIpc) is 2.37. The van der Waals surface area contributed by atoms with E-state index < -0.39 is 28.9 Å². The standard InChI is InChI=1S/C15H18F4O/c1-2-3-4-5-6-10-13(20)11-8-7-9-12(14(11)16)15(17,18)19/h7-9H,2-6,10H2,1H3. The summed E-state index contributed by atoms with van der Waals surface area (Å²) in [7, 11) is 0. The highest BCUT2D eigenvalue weighted by Gasteiger charge is 2.35. The summed E-state index contributed by atoms with van der Waals surface area (Å²) in [5.41, 5.74) is -1.84. The lowest BCUT2D eigenvalue weighted by Gasteiger charge is -2.10. The van der Waals surface area contributed by atoms with Crippen LogP contribution in [0.2, 0.25) is 0 Å². The Morgan fingerprint density at radius 3 is 2.35 bits per heavy atom. The third kappa shape index (κ3) is 4.62. The second-order valence-electron chi connectivity index (χ2n) is 4.75. The van der Waals surface area contributed by atoms with E-state index in [1.54, 1.807) is 0 Å². The van der Waals surface area contributed by atoms with Crippen LogP contribution >= 0.6 is 0 Å². The second kappa shape index (κ2) is 7.41. The van der Waals surface area contributed by atoms with Crippen LogP contribution in [0.25, 0.3) is 0 Å². The molecule has 0 saturated carbocycles. The molecule has 0 spiro atoms. The Kier molecular flexibility index (Phi) is 6.17. The lowest BCUT2D eigenvalue weighted by molar-refractivity contribution is -0.140. The Bertz CT molecular complexity index is 452. The maximum absolute atomic E-state index is 13.7. The van der Waals surface area contributed by atoms with Gasteiger partial charge >= 0.3 is 6.18 Å². The summed E-state index contributed by atoms with van der Waals surface area (Å²) in [6.07, 6.45) is -0.171. The number of alkyl halides is 3. The monoisotopic (exact) mass is 290 g/mol. The molecule has 0 amide bonds. The van der Waals surface area contributed by atoms with Crippen molar-refractivity contribution < 1.29 is 22.4 Å². The number of hydrogen-bond acceptors (Lipinski definition) is 1. The predicted octanol–water partition coefficient (Wildman–Crippen LogP) is 5.39. The van der Waals surface area contributed by atoms with E-state index in [0.717, 1.165) is 37.8 Å². The van der Waals surface area contributed by atoms with Gasteiger partial charge in [-0.3, -0.25) is 4.79 Å². The molecule has 0 aromatic heterocycles. The quantitative estimate of drug-likeness (QED) is 0.374. The van der Waals surface area contributed by atoms with E-state index in [1.165, 1.54) is 0 Å². The zero-order valence-electron chi connectivity index (χ0n) is 11.4. The van der Waals surface area contributed by atoms with Gasteiger partial charge in [-0.05, 0) is 18.6 Å². The number of ketones is 1.